The third-order valence-corrected chi connectivity index (χ3v) is 4.04. The second-order valence-corrected chi connectivity index (χ2v) is 5.57. The van der Waals surface area contributed by atoms with Crippen molar-refractivity contribution in [2.45, 2.75) is 25.7 Å². The van der Waals surface area contributed by atoms with Crippen LogP contribution >= 0.6 is 0 Å². The van der Waals surface area contributed by atoms with Crippen molar-refractivity contribution in [3.63, 3.8) is 0 Å². The maximum atomic E-state index is 12.5. The Morgan fingerprint density at radius 1 is 0.905 bits per heavy atom. The summed E-state index contributed by atoms with van der Waals surface area (Å²) < 4.78 is 37.6. The summed E-state index contributed by atoms with van der Waals surface area (Å²) >= 11 is 0. The lowest BCUT2D eigenvalue weighted by atomic mass is 9.99. The maximum absolute atomic E-state index is 12.5. The zero-order chi connectivity index (χ0) is 14.9. The fraction of sp³-hybridized carbons (Fsp3) is 0.294. The average Bonchev–Trinajstić information content (AvgIpc) is 2.47. The molecule has 0 amide bonds. The molecule has 3 rings (SSSR count). The quantitative estimate of drug-likeness (QED) is 0.868. The molecule has 1 atom stereocenters. The number of fused-ring (bicyclic) bond motifs is 1. The number of quaternary nitrogens is 1. The molecule has 0 saturated heterocycles. The van der Waals surface area contributed by atoms with Crippen molar-refractivity contribution in [3.05, 3.63) is 70.8 Å². The van der Waals surface area contributed by atoms with Crippen LogP contribution in [0.5, 0.6) is 0 Å². The zero-order valence-corrected chi connectivity index (χ0v) is 11.6. The van der Waals surface area contributed by atoms with E-state index in [-0.39, 0.29) is 0 Å². The topological polar surface area (TPSA) is 4.44 Å². The van der Waals surface area contributed by atoms with Crippen molar-refractivity contribution in [2.24, 2.45) is 0 Å². The van der Waals surface area contributed by atoms with Crippen LogP contribution < -0.4 is 4.90 Å². The van der Waals surface area contributed by atoms with Gasteiger partial charge in [-0.05, 0) is 17.7 Å². The summed E-state index contributed by atoms with van der Waals surface area (Å²) in [6, 6.07) is 13.9. The number of benzene rings is 2. The van der Waals surface area contributed by atoms with Gasteiger partial charge in [0, 0.05) is 17.5 Å². The van der Waals surface area contributed by atoms with Gasteiger partial charge in [-0.25, -0.2) is 0 Å². The van der Waals surface area contributed by atoms with Gasteiger partial charge in [0.05, 0.1) is 12.1 Å². The highest BCUT2D eigenvalue weighted by atomic mass is 19.4. The van der Waals surface area contributed by atoms with Crippen LogP contribution in [0.1, 0.15) is 22.3 Å². The monoisotopic (exact) mass is 292 g/mol. The molecule has 0 spiro atoms. The molecule has 1 N–H and O–H groups in total. The SMILES string of the molecule is FC(F)(F)c1ccc(C[NH+]2CCc3ccccc3C2)cc1. The minimum Gasteiger partial charge on any atom is -0.327 e. The van der Waals surface area contributed by atoms with Gasteiger partial charge in [0.2, 0.25) is 0 Å². The lowest BCUT2D eigenvalue weighted by Gasteiger charge is -2.26. The van der Waals surface area contributed by atoms with E-state index in [4.69, 9.17) is 0 Å². The number of halogens is 3. The molecule has 110 valence electrons. The Balaban J connectivity index is 1.68. The molecule has 1 aliphatic rings. The van der Waals surface area contributed by atoms with Crippen LogP contribution in [-0.4, -0.2) is 6.54 Å². The highest BCUT2D eigenvalue weighted by Gasteiger charge is 2.30. The summed E-state index contributed by atoms with van der Waals surface area (Å²) in [5.41, 5.74) is 3.13. The van der Waals surface area contributed by atoms with Crippen molar-refractivity contribution in [1.29, 1.82) is 0 Å². The van der Waals surface area contributed by atoms with E-state index in [0.29, 0.717) is 0 Å². The summed E-state index contributed by atoms with van der Waals surface area (Å²) in [6.07, 6.45) is -3.22. The van der Waals surface area contributed by atoms with Crippen LogP contribution in [0.2, 0.25) is 0 Å². The second-order valence-electron chi connectivity index (χ2n) is 5.57. The van der Waals surface area contributed by atoms with Crippen LogP contribution in [0.4, 0.5) is 13.2 Å². The highest BCUT2D eigenvalue weighted by Crippen LogP contribution is 2.29. The van der Waals surface area contributed by atoms with Crippen molar-refractivity contribution >= 4 is 0 Å². The van der Waals surface area contributed by atoms with Crippen molar-refractivity contribution in [1.82, 2.24) is 0 Å². The summed E-state index contributed by atoms with van der Waals surface area (Å²) in [5.74, 6) is 0. The Kier molecular flexibility index (Phi) is 3.72. The van der Waals surface area contributed by atoms with Gasteiger partial charge in [-0.3, -0.25) is 0 Å². The molecular formula is C17H17F3N+. The van der Waals surface area contributed by atoms with Gasteiger partial charge in [-0.15, -0.1) is 0 Å². The summed E-state index contributed by atoms with van der Waals surface area (Å²) in [6.45, 7) is 2.74. The number of nitrogens with one attached hydrogen (secondary N) is 1. The second kappa shape index (κ2) is 5.53. The number of hydrogen-bond donors (Lipinski definition) is 1. The van der Waals surface area contributed by atoms with Gasteiger partial charge >= 0.3 is 6.18 Å². The Bertz CT molecular complexity index is 617. The van der Waals surface area contributed by atoms with Gasteiger partial charge < -0.3 is 4.90 Å². The van der Waals surface area contributed by atoms with Crippen molar-refractivity contribution in [3.8, 4) is 0 Å². The first kappa shape index (κ1) is 14.1. The molecule has 1 unspecified atom stereocenters. The highest BCUT2D eigenvalue weighted by molar-refractivity contribution is 5.28. The van der Waals surface area contributed by atoms with E-state index in [9.17, 15) is 13.2 Å². The molecule has 1 heterocycles. The Labute approximate surface area is 122 Å². The largest absolute Gasteiger partial charge is 0.416 e. The smallest absolute Gasteiger partial charge is 0.327 e. The molecule has 0 bridgehead atoms. The molecule has 2 aromatic rings. The molecule has 0 fully saturated rings. The summed E-state index contributed by atoms with van der Waals surface area (Å²) in [7, 11) is 0. The molecular weight excluding hydrogens is 275 g/mol. The van der Waals surface area contributed by atoms with Crippen LogP contribution in [0, 0.1) is 0 Å². The molecule has 4 heteroatoms. The van der Waals surface area contributed by atoms with Crippen LogP contribution in [-0.2, 0) is 25.7 Å². The Morgan fingerprint density at radius 2 is 1.57 bits per heavy atom. The minimum atomic E-state index is -4.25. The first-order valence-corrected chi connectivity index (χ1v) is 7.09. The third-order valence-electron chi connectivity index (χ3n) is 4.04. The first-order chi connectivity index (χ1) is 10.0. The molecule has 0 saturated carbocycles. The van der Waals surface area contributed by atoms with E-state index in [1.807, 2.05) is 6.07 Å². The zero-order valence-electron chi connectivity index (χ0n) is 11.6. The number of rotatable bonds is 2. The Hall–Kier alpha value is -1.81. The van der Waals surface area contributed by atoms with Gasteiger partial charge in [0.1, 0.15) is 13.1 Å². The Morgan fingerprint density at radius 3 is 2.24 bits per heavy atom. The van der Waals surface area contributed by atoms with Gasteiger partial charge in [0.15, 0.2) is 0 Å². The standard InChI is InChI=1S/C17H16F3N/c18-17(19,20)16-7-5-13(6-8-16)11-21-10-9-14-3-1-2-4-15(14)12-21/h1-8H,9-12H2/p+1. The molecule has 1 nitrogen and oxygen atoms in total. The van der Waals surface area contributed by atoms with E-state index in [1.54, 1.807) is 12.1 Å². The molecule has 0 radical (unpaired) electrons. The molecule has 2 aromatic carbocycles. The third kappa shape index (κ3) is 3.27. The minimum absolute atomic E-state index is 0.578. The van der Waals surface area contributed by atoms with E-state index in [1.165, 1.54) is 28.2 Å². The van der Waals surface area contributed by atoms with Crippen LogP contribution in [0.15, 0.2) is 48.5 Å². The van der Waals surface area contributed by atoms with E-state index >= 15 is 0 Å². The molecule has 21 heavy (non-hydrogen) atoms. The van der Waals surface area contributed by atoms with Gasteiger partial charge in [-0.1, -0.05) is 36.4 Å². The summed E-state index contributed by atoms with van der Waals surface area (Å²) in [4.78, 5) is 1.40. The first-order valence-electron chi connectivity index (χ1n) is 7.09. The van der Waals surface area contributed by atoms with E-state index in [0.717, 1.165) is 31.6 Å². The lowest BCUT2D eigenvalue weighted by Crippen LogP contribution is -3.10. The number of hydrogen-bond acceptors (Lipinski definition) is 0. The van der Waals surface area contributed by atoms with Crippen molar-refractivity contribution in [2.75, 3.05) is 6.54 Å². The van der Waals surface area contributed by atoms with Gasteiger partial charge in [-0.2, -0.15) is 13.2 Å². The summed E-state index contributed by atoms with van der Waals surface area (Å²) in [5, 5.41) is 0. The van der Waals surface area contributed by atoms with Crippen LogP contribution in [0.25, 0.3) is 0 Å². The normalized spacial score (nSPS) is 18.3. The van der Waals surface area contributed by atoms with Crippen LogP contribution in [0.3, 0.4) is 0 Å². The fourth-order valence-electron chi connectivity index (χ4n) is 2.89. The average molecular weight is 292 g/mol. The predicted octanol–water partition coefficient (Wildman–Crippen LogP) is 2.85. The fourth-order valence-corrected chi connectivity index (χ4v) is 2.89. The van der Waals surface area contributed by atoms with E-state index < -0.39 is 11.7 Å². The lowest BCUT2D eigenvalue weighted by molar-refractivity contribution is -0.929. The van der Waals surface area contributed by atoms with E-state index in [2.05, 4.69) is 18.2 Å². The maximum Gasteiger partial charge on any atom is 0.416 e. The molecule has 0 aromatic heterocycles. The molecule has 1 aliphatic heterocycles. The van der Waals surface area contributed by atoms with Crippen molar-refractivity contribution < 1.29 is 18.1 Å². The predicted molar refractivity (Wildman–Crippen MR) is 74.8 cm³/mol. The number of alkyl halides is 3. The van der Waals surface area contributed by atoms with Gasteiger partial charge in [0.25, 0.3) is 0 Å². The molecule has 0 aliphatic carbocycles.